The molecule has 0 aliphatic heterocycles. The first-order chi connectivity index (χ1) is 9.52. The third-order valence-electron chi connectivity index (χ3n) is 2.81. The second-order valence-corrected chi connectivity index (χ2v) is 6.06. The van der Waals surface area contributed by atoms with Gasteiger partial charge in [-0.25, -0.2) is 3.71 Å². The number of hydrogen-bond acceptors (Lipinski definition) is 5. The number of hydrogen-bond donors (Lipinski definition) is 0. The topological polar surface area (TPSA) is 96.6 Å². The Balaban J connectivity index is 2.37. The Morgan fingerprint density at radius 2 is 1.90 bits per heavy atom. The van der Waals surface area contributed by atoms with Gasteiger partial charge in [0.25, 0.3) is 0 Å². The van der Waals surface area contributed by atoms with Crippen LogP contribution in [0.15, 0.2) is 28.7 Å². The van der Waals surface area contributed by atoms with Gasteiger partial charge >= 0.3 is 0 Å². The fourth-order valence-corrected chi connectivity index (χ4v) is 2.86. The maximum atomic E-state index is 10.9. The van der Waals surface area contributed by atoms with Crippen LogP contribution in [0.1, 0.15) is 25.5 Å². The Morgan fingerprint density at radius 3 is 2.50 bits per heavy atom. The molecule has 2 aromatic rings. The number of rotatable bonds is 6. The second kappa shape index (κ2) is 6.49. The Morgan fingerprint density at radius 1 is 1.20 bits per heavy atom. The standard InChI is InChI=1S/C12H15NO5S2/c1-2-3-4-11-8-9-7-10(5-6-12(9)18-11)13(19(14)15)20(16)17/h5-8H,2-4H2,1H3,(H,14,15)(H,16,17)/p-2. The molecule has 8 heteroatoms. The molecule has 0 bridgehead atoms. The Hall–Kier alpha value is -1.22. The molecule has 0 aliphatic carbocycles. The number of benzene rings is 1. The van der Waals surface area contributed by atoms with E-state index in [9.17, 15) is 17.5 Å². The van der Waals surface area contributed by atoms with E-state index in [1.165, 1.54) is 12.1 Å². The Bertz CT molecular complexity index is 640. The first-order valence-electron chi connectivity index (χ1n) is 6.04. The van der Waals surface area contributed by atoms with Crippen LogP contribution in [-0.4, -0.2) is 17.5 Å². The fraction of sp³-hybridized carbons (Fsp3) is 0.333. The summed E-state index contributed by atoms with van der Waals surface area (Å²) in [6, 6.07) is 6.22. The monoisotopic (exact) mass is 315 g/mol. The molecule has 0 amide bonds. The summed E-state index contributed by atoms with van der Waals surface area (Å²) < 4.78 is 49.6. The predicted molar refractivity (Wildman–Crippen MR) is 75.1 cm³/mol. The molecule has 20 heavy (non-hydrogen) atoms. The molecule has 2 unspecified atom stereocenters. The molecule has 0 saturated heterocycles. The summed E-state index contributed by atoms with van der Waals surface area (Å²) in [5.41, 5.74) is 0.662. The first-order valence-corrected chi connectivity index (χ1v) is 8.10. The summed E-state index contributed by atoms with van der Waals surface area (Å²) in [7, 11) is 0. The average Bonchev–Trinajstić information content (AvgIpc) is 2.77. The normalized spacial score (nSPS) is 14.3. The molecule has 6 nitrogen and oxygen atoms in total. The van der Waals surface area contributed by atoms with Crippen molar-refractivity contribution < 1.29 is 21.9 Å². The van der Waals surface area contributed by atoms with Crippen LogP contribution in [0, 0.1) is 0 Å². The van der Waals surface area contributed by atoms with Crippen molar-refractivity contribution in [2.45, 2.75) is 26.2 Å². The molecule has 0 radical (unpaired) electrons. The van der Waals surface area contributed by atoms with Gasteiger partial charge in [-0.15, -0.1) is 0 Å². The van der Waals surface area contributed by atoms with Gasteiger partial charge in [-0.05, 0) is 30.7 Å². The zero-order valence-electron chi connectivity index (χ0n) is 10.7. The van der Waals surface area contributed by atoms with E-state index in [2.05, 4.69) is 6.92 Å². The highest BCUT2D eigenvalue weighted by atomic mass is 32.3. The van der Waals surface area contributed by atoms with Crippen molar-refractivity contribution in [1.29, 1.82) is 0 Å². The van der Waals surface area contributed by atoms with Crippen LogP contribution in [0.25, 0.3) is 11.0 Å². The lowest BCUT2D eigenvalue weighted by atomic mass is 10.2. The minimum atomic E-state index is -2.89. The molecule has 0 spiro atoms. The quantitative estimate of drug-likeness (QED) is 0.761. The van der Waals surface area contributed by atoms with Crippen LogP contribution in [-0.2, 0) is 29.0 Å². The van der Waals surface area contributed by atoms with Gasteiger partial charge in [-0.2, -0.15) is 0 Å². The summed E-state index contributed by atoms with van der Waals surface area (Å²) in [6.45, 7) is 2.08. The highest BCUT2D eigenvalue weighted by Gasteiger charge is 2.11. The zero-order chi connectivity index (χ0) is 14.7. The second-order valence-electron chi connectivity index (χ2n) is 4.23. The molecule has 0 N–H and O–H groups in total. The van der Waals surface area contributed by atoms with E-state index in [1.807, 2.05) is 0 Å². The van der Waals surface area contributed by atoms with Gasteiger partial charge in [-0.3, -0.25) is 8.42 Å². The summed E-state index contributed by atoms with van der Waals surface area (Å²) in [6.07, 6.45) is 2.83. The summed E-state index contributed by atoms with van der Waals surface area (Å²) in [4.78, 5) is 0. The van der Waals surface area contributed by atoms with Gasteiger partial charge in [0.1, 0.15) is 11.3 Å². The molecule has 1 heterocycles. The summed E-state index contributed by atoms with van der Waals surface area (Å²) >= 11 is -5.77. The molecule has 2 rings (SSSR count). The third kappa shape index (κ3) is 3.26. The van der Waals surface area contributed by atoms with E-state index in [1.54, 1.807) is 12.1 Å². The molecule has 1 aromatic carbocycles. The lowest BCUT2D eigenvalue weighted by Crippen LogP contribution is -2.27. The average molecular weight is 315 g/mol. The molecule has 110 valence electrons. The van der Waals surface area contributed by atoms with Gasteiger partial charge in [0, 0.05) is 11.8 Å². The van der Waals surface area contributed by atoms with Crippen molar-refractivity contribution in [3.8, 4) is 0 Å². The van der Waals surface area contributed by atoms with Crippen molar-refractivity contribution in [2.75, 3.05) is 3.71 Å². The van der Waals surface area contributed by atoms with Gasteiger partial charge in [0.15, 0.2) is 0 Å². The number of aryl methyl sites for hydroxylation is 1. The molecule has 0 saturated carbocycles. The van der Waals surface area contributed by atoms with Crippen molar-refractivity contribution >= 4 is 39.2 Å². The lowest BCUT2D eigenvalue weighted by molar-refractivity contribution is 0.522. The summed E-state index contributed by atoms with van der Waals surface area (Å²) in [5, 5.41) is 0.675. The third-order valence-corrected chi connectivity index (χ3v) is 4.50. The maximum absolute atomic E-state index is 10.9. The van der Waals surface area contributed by atoms with Crippen LogP contribution < -0.4 is 3.71 Å². The van der Waals surface area contributed by atoms with Crippen LogP contribution in [0.2, 0.25) is 0 Å². The Labute approximate surface area is 121 Å². The molecule has 0 fully saturated rings. The SMILES string of the molecule is CCCCc1cc2cc(N(S(=O)[O-])S(=O)[O-])ccc2o1. The van der Waals surface area contributed by atoms with Gasteiger partial charge in [-0.1, -0.05) is 13.3 Å². The molecule has 1 aromatic heterocycles. The fourth-order valence-electron chi connectivity index (χ4n) is 1.90. The number of unbranched alkanes of at least 4 members (excludes halogenated alkanes) is 1. The largest absolute Gasteiger partial charge is 0.754 e. The molecular formula is C12H13NO5S2-2. The summed E-state index contributed by atoms with van der Waals surface area (Å²) in [5.74, 6) is 0.803. The number of nitrogens with zero attached hydrogens (tertiary/aromatic N) is 1. The minimum absolute atomic E-state index is 0.0574. The van der Waals surface area contributed by atoms with Crippen molar-refractivity contribution in [2.24, 2.45) is 0 Å². The Kier molecular flexibility index (Phi) is 4.92. The molecule has 0 aliphatic rings. The van der Waals surface area contributed by atoms with Crippen LogP contribution >= 0.6 is 0 Å². The van der Waals surface area contributed by atoms with E-state index >= 15 is 0 Å². The number of furan rings is 1. The van der Waals surface area contributed by atoms with E-state index in [0.29, 0.717) is 11.0 Å². The number of anilines is 1. The minimum Gasteiger partial charge on any atom is -0.754 e. The number of fused-ring (bicyclic) bond motifs is 1. The van der Waals surface area contributed by atoms with Crippen LogP contribution in [0.5, 0.6) is 0 Å². The van der Waals surface area contributed by atoms with E-state index in [4.69, 9.17) is 4.42 Å². The van der Waals surface area contributed by atoms with Gasteiger partial charge in [0.2, 0.25) is 0 Å². The predicted octanol–water partition coefficient (Wildman–Crippen LogP) is 2.17. The highest BCUT2D eigenvalue weighted by Crippen LogP contribution is 2.27. The molecular weight excluding hydrogens is 302 g/mol. The van der Waals surface area contributed by atoms with Gasteiger partial charge < -0.3 is 13.5 Å². The first kappa shape index (κ1) is 15.2. The van der Waals surface area contributed by atoms with Gasteiger partial charge in [0.05, 0.1) is 28.2 Å². The van der Waals surface area contributed by atoms with Crippen LogP contribution in [0.4, 0.5) is 5.69 Å². The zero-order valence-corrected chi connectivity index (χ0v) is 12.4. The van der Waals surface area contributed by atoms with Crippen molar-refractivity contribution in [1.82, 2.24) is 0 Å². The smallest absolute Gasteiger partial charge is 0.134 e. The van der Waals surface area contributed by atoms with E-state index < -0.39 is 22.5 Å². The lowest BCUT2D eigenvalue weighted by Gasteiger charge is -2.27. The maximum Gasteiger partial charge on any atom is 0.134 e. The van der Waals surface area contributed by atoms with E-state index in [-0.39, 0.29) is 9.40 Å². The van der Waals surface area contributed by atoms with E-state index in [0.717, 1.165) is 25.0 Å². The van der Waals surface area contributed by atoms with Crippen molar-refractivity contribution in [3.63, 3.8) is 0 Å². The van der Waals surface area contributed by atoms with Crippen molar-refractivity contribution in [3.05, 3.63) is 30.0 Å². The van der Waals surface area contributed by atoms with Crippen LogP contribution in [0.3, 0.4) is 0 Å². The molecule has 2 atom stereocenters. The highest BCUT2D eigenvalue weighted by molar-refractivity contribution is 7.98.